The standard InChI is InChI=1S/C16H19N5O3S/c1-10(14(22)21-9-8-17-15(21)23)25-16-19-18-13(20(16)2)11-4-6-12(24-3)7-5-11/h4-7,10H,8-9H2,1-3H3,(H,17,23). The summed E-state index contributed by atoms with van der Waals surface area (Å²) in [5, 5.41) is 11.2. The van der Waals surface area contributed by atoms with Gasteiger partial charge in [0.05, 0.1) is 12.4 Å². The van der Waals surface area contributed by atoms with Crippen LogP contribution in [-0.2, 0) is 11.8 Å². The number of ether oxygens (including phenoxy) is 1. The third-order valence-corrected chi connectivity index (χ3v) is 5.06. The van der Waals surface area contributed by atoms with Crippen LogP contribution in [0, 0.1) is 0 Å². The second-order valence-corrected chi connectivity index (χ2v) is 6.88. The van der Waals surface area contributed by atoms with E-state index in [0.29, 0.717) is 24.1 Å². The highest BCUT2D eigenvalue weighted by atomic mass is 32.2. The zero-order valence-corrected chi connectivity index (χ0v) is 15.0. The lowest BCUT2D eigenvalue weighted by molar-refractivity contribution is -0.126. The maximum Gasteiger partial charge on any atom is 0.324 e. The molecule has 1 aliphatic rings. The fourth-order valence-corrected chi connectivity index (χ4v) is 3.40. The molecule has 1 aromatic carbocycles. The zero-order chi connectivity index (χ0) is 18.0. The maximum atomic E-state index is 12.4. The number of hydrogen-bond acceptors (Lipinski definition) is 6. The van der Waals surface area contributed by atoms with Crippen LogP contribution in [0.15, 0.2) is 29.4 Å². The van der Waals surface area contributed by atoms with Gasteiger partial charge < -0.3 is 14.6 Å². The third-order valence-electron chi connectivity index (χ3n) is 3.94. The molecule has 25 heavy (non-hydrogen) atoms. The number of urea groups is 1. The fourth-order valence-electron chi connectivity index (χ4n) is 2.52. The van der Waals surface area contributed by atoms with E-state index in [2.05, 4.69) is 15.5 Å². The third kappa shape index (κ3) is 3.46. The van der Waals surface area contributed by atoms with Gasteiger partial charge in [-0.05, 0) is 31.2 Å². The quantitative estimate of drug-likeness (QED) is 0.812. The predicted octanol–water partition coefficient (Wildman–Crippen LogP) is 1.52. The summed E-state index contributed by atoms with van der Waals surface area (Å²) < 4.78 is 6.99. The minimum absolute atomic E-state index is 0.228. The first-order chi connectivity index (χ1) is 12.0. The second-order valence-electron chi connectivity index (χ2n) is 5.58. The van der Waals surface area contributed by atoms with Crippen molar-refractivity contribution in [2.75, 3.05) is 20.2 Å². The zero-order valence-electron chi connectivity index (χ0n) is 14.2. The van der Waals surface area contributed by atoms with Crippen LogP contribution < -0.4 is 10.1 Å². The van der Waals surface area contributed by atoms with Gasteiger partial charge in [-0.1, -0.05) is 11.8 Å². The Bertz CT molecular complexity index is 790. The Morgan fingerprint density at radius 3 is 2.64 bits per heavy atom. The Kier molecular flexibility index (Phi) is 4.93. The summed E-state index contributed by atoms with van der Waals surface area (Å²) in [4.78, 5) is 25.2. The van der Waals surface area contributed by atoms with E-state index < -0.39 is 5.25 Å². The number of carbonyl (C=O) groups is 2. The minimum atomic E-state index is -0.435. The van der Waals surface area contributed by atoms with E-state index in [-0.39, 0.29) is 11.9 Å². The first kappa shape index (κ1) is 17.3. The average molecular weight is 361 g/mol. The van der Waals surface area contributed by atoms with Crippen LogP contribution in [0.3, 0.4) is 0 Å². The van der Waals surface area contributed by atoms with Crippen LogP contribution in [-0.4, -0.2) is 57.1 Å². The minimum Gasteiger partial charge on any atom is -0.497 e. The van der Waals surface area contributed by atoms with Gasteiger partial charge in [0.15, 0.2) is 11.0 Å². The van der Waals surface area contributed by atoms with Crippen LogP contribution in [0.4, 0.5) is 4.79 Å². The predicted molar refractivity (Wildman–Crippen MR) is 93.4 cm³/mol. The number of rotatable bonds is 5. The molecule has 1 N–H and O–H groups in total. The van der Waals surface area contributed by atoms with Crippen molar-refractivity contribution in [3.05, 3.63) is 24.3 Å². The van der Waals surface area contributed by atoms with Gasteiger partial charge >= 0.3 is 6.03 Å². The van der Waals surface area contributed by atoms with Gasteiger partial charge in [-0.25, -0.2) is 4.79 Å². The Labute approximate surface area is 149 Å². The van der Waals surface area contributed by atoms with E-state index in [4.69, 9.17) is 4.74 Å². The van der Waals surface area contributed by atoms with Crippen molar-refractivity contribution in [3.8, 4) is 17.1 Å². The topological polar surface area (TPSA) is 89.4 Å². The van der Waals surface area contributed by atoms with Crippen molar-refractivity contribution in [2.45, 2.75) is 17.3 Å². The Morgan fingerprint density at radius 1 is 1.32 bits per heavy atom. The molecule has 0 aliphatic carbocycles. The highest BCUT2D eigenvalue weighted by Crippen LogP contribution is 2.27. The van der Waals surface area contributed by atoms with Crippen molar-refractivity contribution < 1.29 is 14.3 Å². The molecular formula is C16H19N5O3S. The van der Waals surface area contributed by atoms with E-state index in [1.54, 1.807) is 14.0 Å². The number of hydrogen-bond donors (Lipinski definition) is 1. The number of nitrogens with zero attached hydrogens (tertiary/aromatic N) is 4. The van der Waals surface area contributed by atoms with Gasteiger partial charge in [0, 0.05) is 25.7 Å². The molecule has 1 unspecified atom stereocenters. The molecule has 1 saturated heterocycles. The lowest BCUT2D eigenvalue weighted by Gasteiger charge is -2.16. The Hall–Kier alpha value is -2.55. The number of thioether (sulfide) groups is 1. The molecule has 8 nitrogen and oxygen atoms in total. The van der Waals surface area contributed by atoms with Crippen molar-refractivity contribution in [1.82, 2.24) is 25.0 Å². The molecule has 3 amide bonds. The summed E-state index contributed by atoms with van der Waals surface area (Å²) in [6.07, 6.45) is 0. The first-order valence-electron chi connectivity index (χ1n) is 7.81. The summed E-state index contributed by atoms with van der Waals surface area (Å²) in [5.74, 6) is 1.24. The summed E-state index contributed by atoms with van der Waals surface area (Å²) in [7, 11) is 3.47. The molecule has 0 spiro atoms. The molecule has 1 atom stereocenters. The molecule has 2 heterocycles. The molecule has 2 aromatic rings. The number of imide groups is 1. The van der Waals surface area contributed by atoms with E-state index >= 15 is 0 Å². The number of benzene rings is 1. The first-order valence-corrected chi connectivity index (χ1v) is 8.69. The fraction of sp³-hybridized carbons (Fsp3) is 0.375. The van der Waals surface area contributed by atoms with E-state index in [1.807, 2.05) is 35.9 Å². The van der Waals surface area contributed by atoms with Crippen molar-refractivity contribution in [3.63, 3.8) is 0 Å². The molecule has 0 radical (unpaired) electrons. The van der Waals surface area contributed by atoms with Gasteiger partial charge in [0.25, 0.3) is 0 Å². The SMILES string of the molecule is COc1ccc(-c2nnc(SC(C)C(=O)N3CCNC3=O)n2C)cc1. The maximum absolute atomic E-state index is 12.4. The highest BCUT2D eigenvalue weighted by molar-refractivity contribution is 8.00. The molecule has 132 valence electrons. The number of methoxy groups -OCH3 is 1. The number of amides is 3. The molecule has 0 bridgehead atoms. The summed E-state index contributed by atoms with van der Waals surface area (Å²) in [6, 6.07) is 7.18. The van der Waals surface area contributed by atoms with Crippen LogP contribution in [0.25, 0.3) is 11.4 Å². The smallest absolute Gasteiger partial charge is 0.324 e. The number of carbonyl (C=O) groups excluding carboxylic acids is 2. The summed E-state index contributed by atoms with van der Waals surface area (Å²) in [6.45, 7) is 2.66. The Balaban J connectivity index is 1.74. The van der Waals surface area contributed by atoms with Gasteiger partial charge in [-0.3, -0.25) is 9.69 Å². The molecule has 1 aliphatic heterocycles. The van der Waals surface area contributed by atoms with Crippen molar-refractivity contribution in [1.29, 1.82) is 0 Å². The van der Waals surface area contributed by atoms with Crippen LogP contribution in [0.5, 0.6) is 5.75 Å². The van der Waals surface area contributed by atoms with Crippen molar-refractivity contribution >= 4 is 23.7 Å². The summed E-state index contributed by atoms with van der Waals surface area (Å²) >= 11 is 1.28. The van der Waals surface area contributed by atoms with Crippen LogP contribution >= 0.6 is 11.8 Å². The lowest BCUT2D eigenvalue weighted by atomic mass is 10.2. The number of nitrogens with one attached hydrogen (secondary N) is 1. The lowest BCUT2D eigenvalue weighted by Crippen LogP contribution is -2.39. The second kappa shape index (κ2) is 7.14. The normalized spacial score (nSPS) is 15.2. The van der Waals surface area contributed by atoms with E-state index in [0.717, 1.165) is 11.3 Å². The average Bonchev–Trinajstić information content (AvgIpc) is 3.20. The van der Waals surface area contributed by atoms with E-state index in [9.17, 15) is 9.59 Å². The van der Waals surface area contributed by atoms with Gasteiger partial charge in [-0.2, -0.15) is 0 Å². The molecular weight excluding hydrogens is 342 g/mol. The van der Waals surface area contributed by atoms with Crippen LogP contribution in [0.2, 0.25) is 0 Å². The van der Waals surface area contributed by atoms with E-state index in [1.165, 1.54) is 16.7 Å². The molecule has 0 saturated carbocycles. The van der Waals surface area contributed by atoms with Gasteiger partial charge in [0.1, 0.15) is 5.75 Å². The van der Waals surface area contributed by atoms with Gasteiger partial charge in [0.2, 0.25) is 5.91 Å². The van der Waals surface area contributed by atoms with Gasteiger partial charge in [-0.15, -0.1) is 10.2 Å². The van der Waals surface area contributed by atoms with Crippen LogP contribution in [0.1, 0.15) is 6.92 Å². The highest BCUT2D eigenvalue weighted by Gasteiger charge is 2.31. The largest absolute Gasteiger partial charge is 0.497 e. The molecule has 3 rings (SSSR count). The summed E-state index contributed by atoms with van der Waals surface area (Å²) in [5.41, 5.74) is 0.903. The molecule has 9 heteroatoms. The molecule has 1 fully saturated rings. The monoisotopic (exact) mass is 361 g/mol. The number of aromatic nitrogens is 3. The molecule has 1 aromatic heterocycles. The Morgan fingerprint density at radius 2 is 2.04 bits per heavy atom. The van der Waals surface area contributed by atoms with Crippen molar-refractivity contribution in [2.24, 2.45) is 7.05 Å².